The number of halogens is 2. The van der Waals surface area contributed by atoms with Crippen LogP contribution >= 0.6 is 11.6 Å². The third-order valence-corrected chi connectivity index (χ3v) is 5.82. The Bertz CT molecular complexity index is 950. The van der Waals surface area contributed by atoms with E-state index in [0.717, 1.165) is 24.3 Å². The summed E-state index contributed by atoms with van der Waals surface area (Å²) in [5.41, 5.74) is 0.387. The highest BCUT2D eigenvalue weighted by atomic mass is 35.5. The van der Waals surface area contributed by atoms with Crippen molar-refractivity contribution in [1.82, 2.24) is 4.90 Å². The molecule has 6 nitrogen and oxygen atoms in total. The van der Waals surface area contributed by atoms with Gasteiger partial charge in [0.15, 0.2) is 0 Å². The van der Waals surface area contributed by atoms with Gasteiger partial charge in [0, 0.05) is 18.7 Å². The van der Waals surface area contributed by atoms with Crippen LogP contribution in [0.25, 0.3) is 0 Å². The smallest absolute Gasteiger partial charge is 0.261 e. The first-order valence-corrected chi connectivity index (χ1v) is 10.1. The minimum absolute atomic E-state index is 0.0635. The fraction of sp³-hybridized carbons (Fsp3) is 0.278. The van der Waals surface area contributed by atoms with E-state index in [1.54, 1.807) is 11.0 Å². The monoisotopic (exact) mass is 412 g/mol. The van der Waals surface area contributed by atoms with E-state index in [2.05, 4.69) is 4.72 Å². The molecule has 1 amide bonds. The van der Waals surface area contributed by atoms with Crippen molar-refractivity contribution in [2.75, 3.05) is 24.4 Å². The fourth-order valence-electron chi connectivity index (χ4n) is 2.74. The summed E-state index contributed by atoms with van der Waals surface area (Å²) in [7, 11) is -3.97. The van der Waals surface area contributed by atoms with E-state index in [1.807, 2.05) is 6.92 Å². The number of nitrogens with one attached hydrogen (secondary N) is 1. The molecular weight excluding hydrogens is 395 g/mol. The second-order valence-electron chi connectivity index (χ2n) is 6.19. The number of sulfonamides is 1. The van der Waals surface area contributed by atoms with Crippen molar-refractivity contribution in [3.05, 3.63) is 58.9 Å². The summed E-state index contributed by atoms with van der Waals surface area (Å²) in [5.74, 6) is -0.775. The lowest BCUT2D eigenvalue weighted by molar-refractivity contribution is -0.0124. The van der Waals surface area contributed by atoms with Gasteiger partial charge in [-0.1, -0.05) is 11.6 Å². The highest BCUT2D eigenvalue weighted by Gasteiger charge is 2.24. The van der Waals surface area contributed by atoms with Crippen molar-refractivity contribution in [2.45, 2.75) is 17.9 Å². The van der Waals surface area contributed by atoms with E-state index in [0.29, 0.717) is 25.3 Å². The van der Waals surface area contributed by atoms with Gasteiger partial charge in [0.1, 0.15) is 5.82 Å². The van der Waals surface area contributed by atoms with Gasteiger partial charge in [0.05, 0.1) is 28.3 Å². The molecule has 1 atom stereocenters. The van der Waals surface area contributed by atoms with E-state index in [-0.39, 0.29) is 27.6 Å². The summed E-state index contributed by atoms with van der Waals surface area (Å²) in [6, 6.07) is 8.80. The van der Waals surface area contributed by atoms with Crippen LogP contribution in [-0.2, 0) is 14.8 Å². The maximum Gasteiger partial charge on any atom is 0.261 e. The Morgan fingerprint density at radius 3 is 2.63 bits per heavy atom. The number of anilines is 1. The standard InChI is InChI=1S/C18H18ClFN2O4S/c1-12-11-22(8-9-26-12)18(23)13-2-7-16(19)17(10-13)21-27(24,25)15-5-3-14(20)4-6-15/h2-7,10,12,21H,8-9,11H2,1H3/t12-/m0/s1. The summed E-state index contributed by atoms with van der Waals surface area (Å²) in [6.45, 7) is 3.24. The van der Waals surface area contributed by atoms with E-state index >= 15 is 0 Å². The molecule has 2 aromatic carbocycles. The van der Waals surface area contributed by atoms with Gasteiger partial charge in [-0.15, -0.1) is 0 Å². The SMILES string of the molecule is C[C@H]1CN(C(=O)c2ccc(Cl)c(NS(=O)(=O)c3ccc(F)cc3)c2)CCO1. The van der Waals surface area contributed by atoms with Crippen LogP contribution in [0.4, 0.5) is 10.1 Å². The molecule has 0 aromatic heterocycles. The Kier molecular flexibility index (Phi) is 5.69. The number of rotatable bonds is 4. The lowest BCUT2D eigenvalue weighted by Crippen LogP contribution is -2.44. The molecule has 1 fully saturated rings. The molecule has 0 unspecified atom stereocenters. The van der Waals surface area contributed by atoms with E-state index < -0.39 is 15.8 Å². The molecule has 1 aliphatic rings. The molecule has 3 rings (SSSR count). The summed E-state index contributed by atoms with van der Waals surface area (Å²) in [5, 5.41) is 0.146. The van der Waals surface area contributed by atoms with Crippen molar-refractivity contribution < 1.29 is 22.3 Å². The maximum atomic E-state index is 13.0. The lowest BCUT2D eigenvalue weighted by atomic mass is 10.1. The molecular formula is C18H18ClFN2O4S. The molecule has 1 saturated heterocycles. The number of carbonyl (C=O) groups excluding carboxylic acids is 1. The number of hydrogen-bond acceptors (Lipinski definition) is 4. The number of carbonyl (C=O) groups is 1. The van der Waals surface area contributed by atoms with Crippen LogP contribution in [0.3, 0.4) is 0 Å². The molecule has 0 saturated carbocycles. The number of hydrogen-bond donors (Lipinski definition) is 1. The third-order valence-electron chi connectivity index (χ3n) is 4.11. The van der Waals surface area contributed by atoms with Crippen molar-refractivity contribution in [1.29, 1.82) is 0 Å². The van der Waals surface area contributed by atoms with E-state index in [9.17, 15) is 17.6 Å². The Labute approximate surface area is 161 Å². The Hall–Kier alpha value is -2.16. The zero-order chi connectivity index (χ0) is 19.6. The molecule has 0 spiro atoms. The molecule has 9 heteroatoms. The molecule has 1 aliphatic heterocycles. The minimum Gasteiger partial charge on any atom is -0.375 e. The van der Waals surface area contributed by atoms with Gasteiger partial charge in [-0.25, -0.2) is 12.8 Å². The van der Waals surface area contributed by atoms with Crippen LogP contribution in [0.5, 0.6) is 0 Å². The Morgan fingerprint density at radius 1 is 1.26 bits per heavy atom. The molecule has 0 aliphatic carbocycles. The van der Waals surface area contributed by atoms with Gasteiger partial charge in [-0.2, -0.15) is 0 Å². The number of benzene rings is 2. The second-order valence-corrected chi connectivity index (χ2v) is 8.28. The van der Waals surface area contributed by atoms with Crippen LogP contribution in [0.15, 0.2) is 47.4 Å². The van der Waals surface area contributed by atoms with Gasteiger partial charge >= 0.3 is 0 Å². The van der Waals surface area contributed by atoms with Crippen molar-refractivity contribution in [2.24, 2.45) is 0 Å². The predicted molar refractivity (Wildman–Crippen MR) is 100.0 cm³/mol. The first kappa shape index (κ1) is 19.6. The zero-order valence-corrected chi connectivity index (χ0v) is 16.1. The van der Waals surface area contributed by atoms with Crippen molar-refractivity contribution in [3.8, 4) is 0 Å². The topological polar surface area (TPSA) is 75.7 Å². The summed E-state index contributed by atoms with van der Waals surface area (Å²) >= 11 is 6.10. The van der Waals surface area contributed by atoms with Crippen LogP contribution in [-0.4, -0.2) is 45.0 Å². The maximum absolute atomic E-state index is 13.0. The molecule has 0 bridgehead atoms. The highest BCUT2D eigenvalue weighted by molar-refractivity contribution is 7.92. The van der Waals surface area contributed by atoms with Gasteiger partial charge in [-0.3, -0.25) is 9.52 Å². The quantitative estimate of drug-likeness (QED) is 0.837. The third kappa shape index (κ3) is 4.58. The van der Waals surface area contributed by atoms with Gasteiger partial charge in [-0.05, 0) is 49.4 Å². The number of morpholine rings is 1. The average Bonchev–Trinajstić information content (AvgIpc) is 2.63. The largest absolute Gasteiger partial charge is 0.375 e. The summed E-state index contributed by atoms with van der Waals surface area (Å²) in [6.07, 6.45) is -0.0635. The van der Waals surface area contributed by atoms with Crippen molar-refractivity contribution >= 4 is 33.2 Å². The van der Waals surface area contributed by atoms with Crippen LogP contribution in [0.1, 0.15) is 17.3 Å². The number of ether oxygens (including phenoxy) is 1. The van der Waals surface area contributed by atoms with Crippen LogP contribution in [0.2, 0.25) is 5.02 Å². The predicted octanol–water partition coefficient (Wildman–Crippen LogP) is 3.14. The Morgan fingerprint density at radius 2 is 1.96 bits per heavy atom. The number of nitrogens with zero attached hydrogens (tertiary/aromatic N) is 1. The lowest BCUT2D eigenvalue weighted by Gasteiger charge is -2.31. The fourth-order valence-corrected chi connectivity index (χ4v) is 4.03. The van der Waals surface area contributed by atoms with Crippen LogP contribution < -0.4 is 4.72 Å². The first-order valence-electron chi connectivity index (χ1n) is 8.25. The Balaban J connectivity index is 1.85. The van der Waals surface area contributed by atoms with Crippen molar-refractivity contribution in [3.63, 3.8) is 0 Å². The van der Waals surface area contributed by atoms with E-state index in [4.69, 9.17) is 16.3 Å². The first-order chi connectivity index (χ1) is 12.8. The van der Waals surface area contributed by atoms with E-state index in [1.165, 1.54) is 12.1 Å². The zero-order valence-electron chi connectivity index (χ0n) is 14.5. The van der Waals surface area contributed by atoms with Gasteiger partial charge in [0.25, 0.3) is 15.9 Å². The summed E-state index contributed by atoms with van der Waals surface area (Å²) < 4.78 is 45.8. The molecule has 144 valence electrons. The highest BCUT2D eigenvalue weighted by Crippen LogP contribution is 2.27. The second kappa shape index (κ2) is 7.84. The molecule has 1 heterocycles. The van der Waals surface area contributed by atoms with Gasteiger partial charge in [0.2, 0.25) is 0 Å². The normalized spacial score (nSPS) is 17.6. The number of amides is 1. The van der Waals surface area contributed by atoms with Crippen LogP contribution in [0, 0.1) is 5.82 Å². The average molecular weight is 413 g/mol. The molecule has 27 heavy (non-hydrogen) atoms. The molecule has 2 aromatic rings. The summed E-state index contributed by atoms with van der Waals surface area (Å²) in [4.78, 5) is 14.2. The minimum atomic E-state index is -3.97. The molecule has 0 radical (unpaired) electrons. The molecule has 1 N–H and O–H groups in total. The van der Waals surface area contributed by atoms with Gasteiger partial charge < -0.3 is 9.64 Å².